The first kappa shape index (κ1) is 18.1. The number of benzene rings is 3. The summed E-state index contributed by atoms with van der Waals surface area (Å²) < 4.78 is 10.9. The molecule has 0 unspecified atom stereocenters. The molecule has 1 amide bonds. The Hall–Kier alpha value is -3.73. The number of anilines is 1. The molecule has 31 heavy (non-hydrogen) atoms. The van der Waals surface area contributed by atoms with Gasteiger partial charge >= 0.3 is 0 Å². The van der Waals surface area contributed by atoms with Crippen LogP contribution in [-0.4, -0.2) is 17.7 Å². The minimum absolute atomic E-state index is 0.0287. The zero-order chi connectivity index (χ0) is 21.0. The molecule has 3 aromatic carbocycles. The van der Waals surface area contributed by atoms with Crippen molar-refractivity contribution in [2.24, 2.45) is 0 Å². The van der Waals surface area contributed by atoms with Crippen LogP contribution in [0, 0.1) is 6.92 Å². The van der Waals surface area contributed by atoms with Crippen LogP contribution in [0.15, 0.2) is 66.9 Å². The van der Waals surface area contributed by atoms with Gasteiger partial charge in [-0.15, -0.1) is 0 Å². The highest BCUT2D eigenvalue weighted by molar-refractivity contribution is 6.03. The lowest BCUT2D eigenvalue weighted by Gasteiger charge is -2.17. The maximum atomic E-state index is 13.3. The third kappa shape index (κ3) is 2.88. The molecular formula is C26H22N2O3. The number of aromatic amines is 1. The van der Waals surface area contributed by atoms with Crippen molar-refractivity contribution in [3.63, 3.8) is 0 Å². The number of nitrogens with one attached hydrogen (secondary N) is 2. The standard InChI is InChI=1S/C26H22N2O3/c1-16-5-7-18(14-21(16)19-3-2-4-22-20(19)9-12-27-22)28-25(29)26(10-11-26)17-6-8-23-24(13-17)31-15-30-23/h2-9,12-14,27H,10-11,15H2,1H3,(H,28,29). The molecule has 1 aliphatic carbocycles. The highest BCUT2D eigenvalue weighted by Gasteiger charge is 2.51. The lowest BCUT2D eigenvalue weighted by atomic mass is 9.93. The predicted molar refractivity (Wildman–Crippen MR) is 121 cm³/mol. The molecule has 5 nitrogen and oxygen atoms in total. The van der Waals surface area contributed by atoms with E-state index < -0.39 is 5.41 Å². The lowest BCUT2D eigenvalue weighted by molar-refractivity contribution is -0.118. The summed E-state index contributed by atoms with van der Waals surface area (Å²) in [5.74, 6) is 1.48. The first-order valence-corrected chi connectivity index (χ1v) is 10.5. The van der Waals surface area contributed by atoms with Crippen molar-refractivity contribution in [1.82, 2.24) is 4.98 Å². The fourth-order valence-corrected chi connectivity index (χ4v) is 4.53. The molecule has 4 aromatic rings. The van der Waals surface area contributed by atoms with Crippen molar-refractivity contribution in [2.45, 2.75) is 25.2 Å². The molecule has 6 rings (SSSR count). The SMILES string of the molecule is Cc1ccc(NC(=O)C2(c3ccc4c(c3)OCO4)CC2)cc1-c1cccc2[nH]ccc12. The molecule has 1 fully saturated rings. The Kier molecular flexibility index (Phi) is 3.87. The van der Waals surface area contributed by atoms with Crippen LogP contribution in [0.5, 0.6) is 11.5 Å². The maximum Gasteiger partial charge on any atom is 0.235 e. The molecule has 1 aromatic heterocycles. The number of amides is 1. The Labute approximate surface area is 180 Å². The van der Waals surface area contributed by atoms with Gasteiger partial charge in [0.05, 0.1) is 5.41 Å². The zero-order valence-corrected chi connectivity index (χ0v) is 17.2. The lowest BCUT2D eigenvalue weighted by Crippen LogP contribution is -2.27. The number of rotatable bonds is 4. The van der Waals surface area contributed by atoms with Gasteiger partial charge in [0, 0.05) is 22.8 Å². The van der Waals surface area contributed by atoms with Gasteiger partial charge in [0.2, 0.25) is 12.7 Å². The summed E-state index contributed by atoms with van der Waals surface area (Å²) in [6.07, 6.45) is 3.62. The monoisotopic (exact) mass is 410 g/mol. The molecule has 2 N–H and O–H groups in total. The van der Waals surface area contributed by atoms with Crippen LogP contribution in [-0.2, 0) is 10.2 Å². The van der Waals surface area contributed by atoms with Crippen molar-refractivity contribution in [3.05, 3.63) is 78.0 Å². The topological polar surface area (TPSA) is 63.4 Å². The molecule has 0 bridgehead atoms. The normalized spacial score (nSPS) is 15.8. The molecule has 5 heteroatoms. The minimum Gasteiger partial charge on any atom is -0.454 e. The van der Waals surface area contributed by atoms with Crippen LogP contribution in [0.25, 0.3) is 22.0 Å². The summed E-state index contributed by atoms with van der Waals surface area (Å²) in [6.45, 7) is 2.33. The Morgan fingerprint density at radius 2 is 1.84 bits per heavy atom. The molecule has 1 aliphatic heterocycles. The van der Waals surface area contributed by atoms with Gasteiger partial charge in [-0.3, -0.25) is 4.79 Å². The van der Waals surface area contributed by atoms with Crippen LogP contribution < -0.4 is 14.8 Å². The molecule has 1 saturated carbocycles. The number of carbonyl (C=O) groups is 1. The van der Waals surface area contributed by atoms with E-state index in [-0.39, 0.29) is 12.7 Å². The third-order valence-corrected chi connectivity index (χ3v) is 6.49. The van der Waals surface area contributed by atoms with E-state index in [9.17, 15) is 4.79 Å². The van der Waals surface area contributed by atoms with Crippen LogP contribution in [0.1, 0.15) is 24.0 Å². The van der Waals surface area contributed by atoms with Crippen molar-refractivity contribution in [3.8, 4) is 22.6 Å². The number of ether oxygens (including phenoxy) is 2. The number of fused-ring (bicyclic) bond motifs is 2. The summed E-state index contributed by atoms with van der Waals surface area (Å²) in [6, 6.07) is 20.3. The van der Waals surface area contributed by atoms with E-state index in [1.807, 2.05) is 30.5 Å². The Morgan fingerprint density at radius 1 is 0.968 bits per heavy atom. The molecule has 2 heterocycles. The smallest absolute Gasteiger partial charge is 0.235 e. The van der Waals surface area contributed by atoms with Crippen LogP contribution in [0.4, 0.5) is 5.69 Å². The highest BCUT2D eigenvalue weighted by atomic mass is 16.7. The van der Waals surface area contributed by atoms with Crippen molar-refractivity contribution in [2.75, 3.05) is 12.1 Å². The summed E-state index contributed by atoms with van der Waals surface area (Å²) in [7, 11) is 0. The number of carbonyl (C=O) groups excluding carboxylic acids is 1. The van der Waals surface area contributed by atoms with E-state index in [2.05, 4.69) is 53.6 Å². The zero-order valence-electron chi connectivity index (χ0n) is 17.2. The van der Waals surface area contributed by atoms with E-state index >= 15 is 0 Å². The van der Waals surface area contributed by atoms with Crippen LogP contribution in [0.2, 0.25) is 0 Å². The van der Waals surface area contributed by atoms with Gasteiger partial charge in [-0.05, 0) is 78.4 Å². The van der Waals surface area contributed by atoms with Gasteiger partial charge in [-0.25, -0.2) is 0 Å². The summed E-state index contributed by atoms with van der Waals surface area (Å²) in [5, 5.41) is 4.35. The van der Waals surface area contributed by atoms with Gasteiger partial charge in [0.1, 0.15) is 0 Å². The van der Waals surface area contributed by atoms with Crippen LogP contribution in [0.3, 0.4) is 0 Å². The minimum atomic E-state index is -0.493. The maximum absolute atomic E-state index is 13.3. The Bertz CT molecular complexity index is 1330. The molecule has 0 atom stereocenters. The van der Waals surface area contributed by atoms with E-state index in [4.69, 9.17) is 9.47 Å². The van der Waals surface area contributed by atoms with Crippen molar-refractivity contribution in [1.29, 1.82) is 0 Å². The van der Waals surface area contributed by atoms with E-state index in [1.54, 1.807) is 0 Å². The van der Waals surface area contributed by atoms with Gasteiger partial charge < -0.3 is 19.8 Å². The molecule has 2 aliphatic rings. The Morgan fingerprint density at radius 3 is 2.71 bits per heavy atom. The van der Waals surface area contributed by atoms with Gasteiger partial charge in [0.25, 0.3) is 0 Å². The predicted octanol–water partition coefficient (Wildman–Crippen LogP) is 5.54. The third-order valence-electron chi connectivity index (χ3n) is 6.49. The number of H-pyrrole nitrogens is 1. The number of hydrogen-bond donors (Lipinski definition) is 2. The average molecular weight is 410 g/mol. The molecule has 0 spiro atoms. The van der Waals surface area contributed by atoms with E-state index in [0.717, 1.165) is 46.5 Å². The molecule has 0 radical (unpaired) electrons. The second-order valence-electron chi connectivity index (χ2n) is 8.38. The second kappa shape index (κ2) is 6.64. The van der Waals surface area contributed by atoms with E-state index in [0.29, 0.717) is 5.75 Å². The molecule has 154 valence electrons. The number of aryl methyl sites for hydroxylation is 1. The second-order valence-corrected chi connectivity index (χ2v) is 8.38. The largest absolute Gasteiger partial charge is 0.454 e. The first-order chi connectivity index (χ1) is 15.1. The van der Waals surface area contributed by atoms with Crippen molar-refractivity contribution < 1.29 is 14.3 Å². The average Bonchev–Trinajstić information content (AvgIpc) is 3.22. The summed E-state index contributed by atoms with van der Waals surface area (Å²) in [4.78, 5) is 16.6. The van der Waals surface area contributed by atoms with Crippen molar-refractivity contribution >= 4 is 22.5 Å². The summed E-state index contributed by atoms with van der Waals surface area (Å²) >= 11 is 0. The van der Waals surface area contributed by atoms with E-state index in [1.165, 1.54) is 10.9 Å². The highest BCUT2D eigenvalue weighted by Crippen LogP contribution is 2.51. The molecule has 0 saturated heterocycles. The van der Waals surface area contributed by atoms with Gasteiger partial charge in [-0.2, -0.15) is 0 Å². The van der Waals surface area contributed by atoms with Gasteiger partial charge in [0.15, 0.2) is 11.5 Å². The fraction of sp³-hybridized carbons (Fsp3) is 0.192. The number of hydrogen-bond acceptors (Lipinski definition) is 3. The fourth-order valence-electron chi connectivity index (χ4n) is 4.53. The number of aromatic nitrogens is 1. The first-order valence-electron chi connectivity index (χ1n) is 10.5. The Balaban J connectivity index is 1.32. The van der Waals surface area contributed by atoms with Crippen LogP contribution >= 0.6 is 0 Å². The quantitative estimate of drug-likeness (QED) is 0.464. The summed E-state index contributed by atoms with van der Waals surface area (Å²) in [5.41, 5.74) is 5.85. The molecular weight excluding hydrogens is 388 g/mol. The van der Waals surface area contributed by atoms with Gasteiger partial charge in [-0.1, -0.05) is 24.3 Å².